The Morgan fingerprint density at radius 1 is 1.33 bits per heavy atom. The fourth-order valence-corrected chi connectivity index (χ4v) is 3.69. The summed E-state index contributed by atoms with van der Waals surface area (Å²) in [4.78, 5) is 0.260. The summed E-state index contributed by atoms with van der Waals surface area (Å²) in [5.74, 6) is 0.494. The van der Waals surface area contributed by atoms with Crippen molar-refractivity contribution < 1.29 is 8.42 Å². The van der Waals surface area contributed by atoms with Gasteiger partial charge in [-0.05, 0) is 31.7 Å². The minimum Gasteiger partial charge on any atom is -0.315 e. The van der Waals surface area contributed by atoms with Crippen molar-refractivity contribution in [1.29, 1.82) is 0 Å². The first-order chi connectivity index (χ1) is 10.1. The second-order valence-electron chi connectivity index (χ2n) is 5.69. The normalized spacial score (nSPS) is 16.6. The predicted molar refractivity (Wildman–Crippen MR) is 82.5 cm³/mol. The van der Waals surface area contributed by atoms with Crippen LogP contribution in [0.15, 0.2) is 17.3 Å². The van der Waals surface area contributed by atoms with E-state index >= 15 is 0 Å². The van der Waals surface area contributed by atoms with Gasteiger partial charge in [0.2, 0.25) is 10.0 Å². The van der Waals surface area contributed by atoms with Gasteiger partial charge < -0.3 is 5.32 Å². The molecule has 0 radical (unpaired) electrons. The Hall–Kier alpha value is -0.920. The standard InChI is InChI=1S/C14H26N4O2S/c1-2-7-15-8-9-18-12-14(11-16-18)21(19,20)17-10-13-5-3-4-6-13/h11-13,15,17H,2-10H2,1H3. The van der Waals surface area contributed by atoms with Gasteiger partial charge in [0, 0.05) is 19.3 Å². The summed E-state index contributed by atoms with van der Waals surface area (Å²) in [7, 11) is -3.42. The van der Waals surface area contributed by atoms with E-state index in [1.165, 1.54) is 19.0 Å². The van der Waals surface area contributed by atoms with Crippen LogP contribution in [0.2, 0.25) is 0 Å². The van der Waals surface area contributed by atoms with E-state index in [0.717, 1.165) is 32.4 Å². The van der Waals surface area contributed by atoms with E-state index in [0.29, 0.717) is 19.0 Å². The summed E-state index contributed by atoms with van der Waals surface area (Å²) < 4.78 is 28.8. The molecule has 2 N–H and O–H groups in total. The molecule has 120 valence electrons. The molecule has 0 saturated heterocycles. The molecule has 7 heteroatoms. The lowest BCUT2D eigenvalue weighted by Gasteiger charge is -2.09. The van der Waals surface area contributed by atoms with Crippen LogP contribution in [0.25, 0.3) is 0 Å². The maximum Gasteiger partial charge on any atom is 0.243 e. The van der Waals surface area contributed by atoms with Crippen LogP contribution in [-0.2, 0) is 16.6 Å². The Bertz CT molecular complexity index is 521. The van der Waals surface area contributed by atoms with Crippen molar-refractivity contribution in [2.24, 2.45) is 5.92 Å². The van der Waals surface area contributed by atoms with Crippen molar-refractivity contribution in [1.82, 2.24) is 19.8 Å². The molecule has 6 nitrogen and oxygen atoms in total. The van der Waals surface area contributed by atoms with E-state index in [1.807, 2.05) is 0 Å². The highest BCUT2D eigenvalue weighted by molar-refractivity contribution is 7.89. The smallest absolute Gasteiger partial charge is 0.243 e. The lowest BCUT2D eigenvalue weighted by Crippen LogP contribution is -2.28. The van der Waals surface area contributed by atoms with Crippen LogP contribution >= 0.6 is 0 Å². The number of nitrogens with one attached hydrogen (secondary N) is 2. The summed E-state index contributed by atoms with van der Waals surface area (Å²) in [5, 5.41) is 7.39. The van der Waals surface area contributed by atoms with Gasteiger partial charge in [0.15, 0.2) is 0 Å². The fraction of sp³-hybridized carbons (Fsp3) is 0.786. The Morgan fingerprint density at radius 2 is 2.10 bits per heavy atom. The van der Waals surface area contributed by atoms with E-state index in [2.05, 4.69) is 22.1 Å². The van der Waals surface area contributed by atoms with Crippen molar-refractivity contribution in [3.63, 3.8) is 0 Å². The van der Waals surface area contributed by atoms with E-state index in [9.17, 15) is 8.42 Å². The van der Waals surface area contributed by atoms with Gasteiger partial charge in [-0.1, -0.05) is 19.8 Å². The summed E-state index contributed by atoms with van der Waals surface area (Å²) in [6.45, 7) is 5.10. The van der Waals surface area contributed by atoms with Crippen LogP contribution in [-0.4, -0.2) is 37.8 Å². The second kappa shape index (κ2) is 7.91. The van der Waals surface area contributed by atoms with Crippen LogP contribution < -0.4 is 10.0 Å². The topological polar surface area (TPSA) is 76.0 Å². The minimum atomic E-state index is -3.42. The van der Waals surface area contributed by atoms with Crippen LogP contribution in [0, 0.1) is 5.92 Å². The van der Waals surface area contributed by atoms with Gasteiger partial charge in [0.1, 0.15) is 4.90 Å². The lowest BCUT2D eigenvalue weighted by molar-refractivity contribution is 0.519. The van der Waals surface area contributed by atoms with Crippen LogP contribution in [0.1, 0.15) is 39.0 Å². The minimum absolute atomic E-state index is 0.260. The van der Waals surface area contributed by atoms with Crippen LogP contribution in [0.5, 0.6) is 0 Å². The summed E-state index contributed by atoms with van der Waals surface area (Å²) in [6.07, 6.45) is 8.81. The highest BCUT2D eigenvalue weighted by atomic mass is 32.2. The number of nitrogens with zero attached hydrogens (tertiary/aromatic N) is 2. The Balaban J connectivity index is 1.83. The molecule has 0 amide bonds. The maximum atomic E-state index is 12.2. The molecule has 1 aromatic rings. The monoisotopic (exact) mass is 314 g/mol. The molecule has 0 unspecified atom stereocenters. The van der Waals surface area contributed by atoms with E-state index in [1.54, 1.807) is 10.9 Å². The summed E-state index contributed by atoms with van der Waals surface area (Å²) in [6, 6.07) is 0. The number of sulfonamides is 1. The number of rotatable bonds is 9. The molecule has 2 rings (SSSR count). The molecule has 1 saturated carbocycles. The van der Waals surface area contributed by atoms with Crippen LogP contribution in [0.3, 0.4) is 0 Å². The molecular formula is C14H26N4O2S. The zero-order chi connectivity index (χ0) is 15.1. The van der Waals surface area contributed by atoms with Crippen molar-refractivity contribution in [3.05, 3.63) is 12.4 Å². The molecule has 1 aromatic heterocycles. The largest absolute Gasteiger partial charge is 0.315 e. The number of hydrogen-bond donors (Lipinski definition) is 2. The molecule has 1 heterocycles. The van der Waals surface area contributed by atoms with Crippen molar-refractivity contribution in [2.45, 2.75) is 50.5 Å². The van der Waals surface area contributed by atoms with Crippen molar-refractivity contribution in [3.8, 4) is 0 Å². The Kier molecular flexibility index (Phi) is 6.20. The summed E-state index contributed by atoms with van der Waals surface area (Å²) >= 11 is 0. The van der Waals surface area contributed by atoms with Crippen LogP contribution in [0.4, 0.5) is 0 Å². The lowest BCUT2D eigenvalue weighted by atomic mass is 10.1. The average Bonchev–Trinajstić information content (AvgIpc) is 3.13. The molecule has 0 aliphatic heterocycles. The molecule has 1 fully saturated rings. The fourth-order valence-electron chi connectivity index (χ4n) is 2.63. The van der Waals surface area contributed by atoms with Gasteiger partial charge in [-0.25, -0.2) is 13.1 Å². The molecule has 1 aliphatic carbocycles. The quantitative estimate of drug-likeness (QED) is 0.675. The highest BCUT2D eigenvalue weighted by Gasteiger charge is 2.20. The molecule has 0 atom stereocenters. The zero-order valence-corrected chi connectivity index (χ0v) is 13.5. The van der Waals surface area contributed by atoms with Gasteiger partial charge in [-0.15, -0.1) is 0 Å². The number of aromatic nitrogens is 2. The van der Waals surface area contributed by atoms with E-state index in [-0.39, 0.29) is 4.90 Å². The molecular weight excluding hydrogens is 288 g/mol. The molecule has 1 aliphatic rings. The SMILES string of the molecule is CCCNCCn1cc(S(=O)(=O)NCC2CCCC2)cn1. The predicted octanol–water partition coefficient (Wildman–Crippen LogP) is 1.35. The van der Waals surface area contributed by atoms with Gasteiger partial charge in [-0.2, -0.15) is 5.10 Å². The zero-order valence-electron chi connectivity index (χ0n) is 12.7. The third-order valence-electron chi connectivity index (χ3n) is 3.90. The first kappa shape index (κ1) is 16.5. The van der Waals surface area contributed by atoms with Gasteiger partial charge in [0.25, 0.3) is 0 Å². The third kappa shape index (κ3) is 5.09. The highest BCUT2D eigenvalue weighted by Crippen LogP contribution is 2.24. The van der Waals surface area contributed by atoms with Gasteiger partial charge in [0.05, 0.1) is 12.7 Å². The van der Waals surface area contributed by atoms with Gasteiger partial charge in [-0.3, -0.25) is 4.68 Å². The first-order valence-electron chi connectivity index (χ1n) is 7.84. The van der Waals surface area contributed by atoms with Gasteiger partial charge >= 0.3 is 0 Å². The van der Waals surface area contributed by atoms with Crippen molar-refractivity contribution >= 4 is 10.0 Å². The molecule has 0 bridgehead atoms. The molecule has 0 aromatic carbocycles. The Morgan fingerprint density at radius 3 is 2.81 bits per heavy atom. The second-order valence-corrected chi connectivity index (χ2v) is 7.46. The summed E-state index contributed by atoms with van der Waals surface area (Å²) in [5.41, 5.74) is 0. The van der Waals surface area contributed by atoms with Crippen molar-refractivity contribution in [2.75, 3.05) is 19.6 Å². The first-order valence-corrected chi connectivity index (χ1v) is 9.33. The molecule has 21 heavy (non-hydrogen) atoms. The Labute approximate surface area is 127 Å². The van der Waals surface area contributed by atoms with E-state index < -0.39 is 10.0 Å². The average molecular weight is 314 g/mol. The number of hydrogen-bond acceptors (Lipinski definition) is 4. The maximum absolute atomic E-state index is 12.2. The molecule has 0 spiro atoms. The van der Waals surface area contributed by atoms with E-state index in [4.69, 9.17) is 0 Å². The third-order valence-corrected chi connectivity index (χ3v) is 5.28.